The number of para-hydroxylation sites is 1. The van der Waals surface area contributed by atoms with E-state index in [1.165, 1.54) is 4.90 Å². The molecule has 2 aromatic carbocycles. The minimum atomic E-state index is -0.285. The summed E-state index contributed by atoms with van der Waals surface area (Å²) >= 11 is 12.0. The van der Waals surface area contributed by atoms with Crippen molar-refractivity contribution in [1.82, 2.24) is 14.9 Å². The third-order valence-corrected chi connectivity index (χ3v) is 4.40. The van der Waals surface area contributed by atoms with E-state index in [2.05, 4.69) is 9.97 Å². The summed E-state index contributed by atoms with van der Waals surface area (Å²) in [6, 6.07) is 11.7. The normalized spacial score (nSPS) is 10.9. The van der Waals surface area contributed by atoms with Gasteiger partial charge in [0.25, 0.3) is 11.5 Å². The fraction of sp³-hybridized carbons (Fsp3) is 0.211. The lowest BCUT2D eigenvalue weighted by atomic mass is 10.2. The standard InChI is InChI=1S/C19H17Cl2N3O3/c1-27-7-6-24(19(26)12-8-13(20)10-14(21)9-12)11-17-22-16-5-3-2-4-15(16)18(25)23-17/h2-5,8-10H,6-7,11H2,1H3,(H,22,23,25). The molecule has 0 radical (unpaired) electrons. The van der Waals surface area contributed by atoms with Crippen molar-refractivity contribution in [1.29, 1.82) is 0 Å². The molecular formula is C19H17Cl2N3O3. The van der Waals surface area contributed by atoms with Gasteiger partial charge >= 0.3 is 0 Å². The zero-order valence-electron chi connectivity index (χ0n) is 14.5. The van der Waals surface area contributed by atoms with Crippen molar-refractivity contribution in [3.63, 3.8) is 0 Å². The van der Waals surface area contributed by atoms with Crippen LogP contribution in [0.5, 0.6) is 0 Å². The van der Waals surface area contributed by atoms with Crippen molar-refractivity contribution in [3.8, 4) is 0 Å². The summed E-state index contributed by atoms with van der Waals surface area (Å²) in [5.74, 6) is 0.100. The highest BCUT2D eigenvalue weighted by molar-refractivity contribution is 6.35. The number of methoxy groups -OCH3 is 1. The SMILES string of the molecule is COCCN(Cc1nc2ccccc2c(=O)[nH]1)C(=O)c1cc(Cl)cc(Cl)c1. The van der Waals surface area contributed by atoms with Crippen LogP contribution in [0.25, 0.3) is 10.9 Å². The first kappa shape index (κ1) is 19.4. The molecule has 140 valence electrons. The Balaban J connectivity index is 1.93. The molecule has 3 rings (SSSR count). The third-order valence-electron chi connectivity index (χ3n) is 3.96. The Morgan fingerprint density at radius 2 is 1.89 bits per heavy atom. The molecule has 0 aliphatic carbocycles. The summed E-state index contributed by atoms with van der Waals surface area (Å²) in [6.45, 7) is 0.764. The Hall–Kier alpha value is -2.41. The molecule has 0 atom stereocenters. The van der Waals surface area contributed by atoms with Gasteiger partial charge in [-0.3, -0.25) is 9.59 Å². The zero-order chi connectivity index (χ0) is 19.4. The Labute approximate surface area is 165 Å². The first-order chi connectivity index (χ1) is 13.0. The van der Waals surface area contributed by atoms with Crippen LogP contribution in [-0.2, 0) is 11.3 Å². The second-order valence-electron chi connectivity index (χ2n) is 5.91. The number of halogens is 2. The van der Waals surface area contributed by atoms with Crippen molar-refractivity contribution in [2.45, 2.75) is 6.54 Å². The molecule has 1 N–H and O–H groups in total. The summed E-state index contributed by atoms with van der Waals surface area (Å²) < 4.78 is 5.10. The second-order valence-corrected chi connectivity index (χ2v) is 6.78. The first-order valence-electron chi connectivity index (χ1n) is 8.20. The molecule has 3 aromatic rings. The summed E-state index contributed by atoms with van der Waals surface area (Å²) in [4.78, 5) is 33.9. The molecule has 0 fully saturated rings. The number of fused-ring (bicyclic) bond motifs is 1. The number of rotatable bonds is 6. The molecule has 8 heteroatoms. The number of aromatic amines is 1. The fourth-order valence-corrected chi connectivity index (χ4v) is 3.23. The maximum Gasteiger partial charge on any atom is 0.258 e. The summed E-state index contributed by atoms with van der Waals surface area (Å²) in [7, 11) is 1.55. The number of H-pyrrole nitrogens is 1. The summed E-state index contributed by atoms with van der Waals surface area (Å²) in [5, 5.41) is 1.24. The average molecular weight is 406 g/mol. The molecule has 27 heavy (non-hydrogen) atoms. The van der Waals surface area contributed by atoms with Crippen molar-refractivity contribution in [2.75, 3.05) is 20.3 Å². The highest BCUT2D eigenvalue weighted by Crippen LogP contribution is 2.20. The predicted octanol–water partition coefficient (Wildman–Crippen LogP) is 3.52. The van der Waals surface area contributed by atoms with Crippen LogP contribution in [0, 0.1) is 0 Å². The molecule has 0 saturated heterocycles. The number of amides is 1. The molecule has 0 aliphatic rings. The van der Waals surface area contributed by atoms with Crippen molar-refractivity contribution >= 4 is 40.0 Å². The summed E-state index contributed by atoms with van der Waals surface area (Å²) in [5.41, 5.74) is 0.675. The number of aromatic nitrogens is 2. The first-order valence-corrected chi connectivity index (χ1v) is 8.96. The van der Waals surface area contributed by atoms with Crippen LogP contribution in [-0.4, -0.2) is 41.0 Å². The minimum Gasteiger partial charge on any atom is -0.383 e. The Morgan fingerprint density at radius 3 is 2.59 bits per heavy atom. The van der Waals surface area contributed by atoms with Crippen LogP contribution in [0.1, 0.15) is 16.2 Å². The molecule has 1 aromatic heterocycles. The molecule has 0 aliphatic heterocycles. The molecular weight excluding hydrogens is 389 g/mol. The van der Waals surface area contributed by atoms with Crippen molar-refractivity contribution in [3.05, 3.63) is 74.3 Å². The number of hydrogen-bond acceptors (Lipinski definition) is 4. The van der Waals surface area contributed by atoms with Crippen LogP contribution in [0.3, 0.4) is 0 Å². The molecule has 0 spiro atoms. The number of ether oxygens (including phenoxy) is 1. The van der Waals surface area contributed by atoms with E-state index in [0.29, 0.717) is 45.5 Å². The highest BCUT2D eigenvalue weighted by atomic mass is 35.5. The number of carbonyl (C=O) groups excluding carboxylic acids is 1. The van der Waals surface area contributed by atoms with Gasteiger partial charge in [-0.15, -0.1) is 0 Å². The highest BCUT2D eigenvalue weighted by Gasteiger charge is 2.18. The van der Waals surface area contributed by atoms with E-state index in [9.17, 15) is 9.59 Å². The molecule has 6 nitrogen and oxygen atoms in total. The Kier molecular flexibility index (Phi) is 6.11. The van der Waals surface area contributed by atoms with E-state index in [4.69, 9.17) is 27.9 Å². The van der Waals surface area contributed by atoms with Crippen molar-refractivity contribution in [2.24, 2.45) is 0 Å². The second kappa shape index (κ2) is 8.52. The van der Waals surface area contributed by atoms with Gasteiger partial charge in [-0.2, -0.15) is 0 Å². The lowest BCUT2D eigenvalue weighted by molar-refractivity contribution is 0.0675. The van der Waals surface area contributed by atoms with E-state index in [1.54, 1.807) is 49.6 Å². The van der Waals surface area contributed by atoms with E-state index in [1.807, 2.05) is 0 Å². The predicted molar refractivity (Wildman–Crippen MR) is 105 cm³/mol. The number of nitrogens with zero attached hydrogens (tertiary/aromatic N) is 2. The third kappa shape index (κ3) is 4.66. The number of nitrogens with one attached hydrogen (secondary N) is 1. The largest absolute Gasteiger partial charge is 0.383 e. The van der Waals surface area contributed by atoms with Gasteiger partial charge in [-0.1, -0.05) is 35.3 Å². The van der Waals surface area contributed by atoms with Gasteiger partial charge in [0, 0.05) is 29.3 Å². The van der Waals surface area contributed by atoms with Crippen LogP contribution in [0.4, 0.5) is 0 Å². The lowest BCUT2D eigenvalue weighted by Gasteiger charge is -2.22. The van der Waals surface area contributed by atoms with Gasteiger partial charge in [-0.05, 0) is 30.3 Å². The molecule has 0 saturated carbocycles. The van der Waals surface area contributed by atoms with Crippen LogP contribution >= 0.6 is 23.2 Å². The summed E-state index contributed by atoms with van der Waals surface area (Å²) in [6.07, 6.45) is 0. The topological polar surface area (TPSA) is 75.3 Å². The van der Waals surface area contributed by atoms with E-state index in [0.717, 1.165) is 0 Å². The van der Waals surface area contributed by atoms with Gasteiger partial charge in [0.15, 0.2) is 0 Å². The van der Waals surface area contributed by atoms with Crippen LogP contribution in [0.2, 0.25) is 10.0 Å². The van der Waals surface area contributed by atoms with Gasteiger partial charge in [0.2, 0.25) is 0 Å². The Morgan fingerprint density at radius 1 is 1.19 bits per heavy atom. The smallest absolute Gasteiger partial charge is 0.258 e. The maximum atomic E-state index is 12.9. The van der Waals surface area contributed by atoms with E-state index < -0.39 is 0 Å². The zero-order valence-corrected chi connectivity index (χ0v) is 16.0. The van der Waals surface area contributed by atoms with Gasteiger partial charge in [0.05, 0.1) is 24.1 Å². The minimum absolute atomic E-state index is 0.117. The molecule has 1 heterocycles. The lowest BCUT2D eigenvalue weighted by Crippen LogP contribution is -2.34. The maximum absolute atomic E-state index is 12.9. The molecule has 0 unspecified atom stereocenters. The van der Waals surface area contributed by atoms with Crippen LogP contribution in [0.15, 0.2) is 47.3 Å². The average Bonchev–Trinajstić information content (AvgIpc) is 2.64. The quantitative estimate of drug-likeness (QED) is 0.680. The fourth-order valence-electron chi connectivity index (χ4n) is 2.70. The van der Waals surface area contributed by atoms with E-state index in [-0.39, 0.29) is 18.0 Å². The van der Waals surface area contributed by atoms with Gasteiger partial charge in [-0.25, -0.2) is 4.98 Å². The van der Waals surface area contributed by atoms with Crippen LogP contribution < -0.4 is 5.56 Å². The molecule has 1 amide bonds. The number of benzene rings is 2. The van der Waals surface area contributed by atoms with Crippen molar-refractivity contribution < 1.29 is 9.53 Å². The number of hydrogen-bond donors (Lipinski definition) is 1. The molecule has 0 bridgehead atoms. The number of carbonyl (C=O) groups is 1. The van der Waals surface area contributed by atoms with E-state index >= 15 is 0 Å². The van der Waals surface area contributed by atoms with Gasteiger partial charge < -0.3 is 14.6 Å². The Bertz CT molecular complexity index is 1020. The van der Waals surface area contributed by atoms with Gasteiger partial charge in [0.1, 0.15) is 5.82 Å². The monoisotopic (exact) mass is 405 g/mol.